The highest BCUT2D eigenvalue weighted by Gasteiger charge is 2.30. The molecule has 2 atom stereocenters. The van der Waals surface area contributed by atoms with Crippen LogP contribution in [0.15, 0.2) is 24.3 Å². The molecule has 2 amide bonds. The molecule has 102 valence electrons. The van der Waals surface area contributed by atoms with E-state index in [1.54, 1.807) is 24.3 Å². The van der Waals surface area contributed by atoms with Crippen LogP contribution in [0.1, 0.15) is 20.3 Å². The van der Waals surface area contributed by atoms with Gasteiger partial charge in [-0.1, -0.05) is 13.0 Å². The first-order valence-corrected chi connectivity index (χ1v) is 6.36. The van der Waals surface area contributed by atoms with E-state index >= 15 is 0 Å². The van der Waals surface area contributed by atoms with Crippen molar-refractivity contribution in [3.8, 4) is 0 Å². The van der Waals surface area contributed by atoms with Gasteiger partial charge in [-0.3, -0.25) is 9.59 Å². The monoisotopic (exact) mass is 262 g/mol. The van der Waals surface area contributed by atoms with Gasteiger partial charge < -0.3 is 15.4 Å². The Morgan fingerprint density at radius 3 is 2.53 bits per heavy atom. The molecule has 1 heterocycles. The summed E-state index contributed by atoms with van der Waals surface area (Å²) in [7, 11) is 0. The largest absolute Gasteiger partial charge is 0.368 e. The standard InChI is InChI=1S/C14H18N2O3/c1-9-6-7-19-13(9)14(18)16-12-5-3-4-11(8-12)15-10(2)17/h3-5,8-9,13H,6-7H2,1-2H3,(H,15,17)(H,16,18)/t9-,13+/m0/s1. The number of hydrogen-bond acceptors (Lipinski definition) is 3. The molecule has 1 aromatic rings. The van der Waals surface area contributed by atoms with Gasteiger partial charge in [0.05, 0.1) is 0 Å². The zero-order valence-electron chi connectivity index (χ0n) is 11.1. The zero-order valence-corrected chi connectivity index (χ0v) is 11.1. The first-order chi connectivity index (χ1) is 9.06. The quantitative estimate of drug-likeness (QED) is 0.875. The summed E-state index contributed by atoms with van der Waals surface area (Å²) in [5, 5.41) is 5.49. The minimum absolute atomic E-state index is 0.134. The first kappa shape index (κ1) is 13.5. The van der Waals surface area contributed by atoms with Gasteiger partial charge in [-0.05, 0) is 30.5 Å². The molecular weight excluding hydrogens is 244 g/mol. The number of amides is 2. The van der Waals surface area contributed by atoms with Gasteiger partial charge in [0, 0.05) is 24.9 Å². The number of ether oxygens (including phenoxy) is 1. The Morgan fingerprint density at radius 2 is 1.95 bits per heavy atom. The van der Waals surface area contributed by atoms with Gasteiger partial charge in [-0.15, -0.1) is 0 Å². The number of carbonyl (C=O) groups excluding carboxylic acids is 2. The van der Waals surface area contributed by atoms with E-state index in [-0.39, 0.29) is 23.8 Å². The Morgan fingerprint density at radius 1 is 1.26 bits per heavy atom. The maximum absolute atomic E-state index is 12.0. The van der Waals surface area contributed by atoms with E-state index in [0.29, 0.717) is 18.0 Å². The lowest BCUT2D eigenvalue weighted by atomic mass is 10.0. The van der Waals surface area contributed by atoms with Crippen molar-refractivity contribution in [1.29, 1.82) is 0 Å². The fourth-order valence-electron chi connectivity index (χ4n) is 2.12. The highest BCUT2D eigenvalue weighted by molar-refractivity contribution is 5.96. The lowest BCUT2D eigenvalue weighted by molar-refractivity contribution is -0.126. The predicted molar refractivity (Wildman–Crippen MR) is 72.9 cm³/mol. The molecule has 5 nitrogen and oxygen atoms in total. The number of rotatable bonds is 3. The van der Waals surface area contributed by atoms with Crippen LogP contribution < -0.4 is 10.6 Å². The maximum Gasteiger partial charge on any atom is 0.253 e. The average molecular weight is 262 g/mol. The van der Waals surface area contributed by atoms with Crippen LogP contribution in [0.2, 0.25) is 0 Å². The van der Waals surface area contributed by atoms with Crippen LogP contribution in [0, 0.1) is 5.92 Å². The van der Waals surface area contributed by atoms with Crippen LogP contribution in [-0.4, -0.2) is 24.5 Å². The summed E-state index contributed by atoms with van der Waals surface area (Å²) in [6.07, 6.45) is 0.522. The maximum atomic E-state index is 12.0. The SMILES string of the molecule is CC(=O)Nc1cccc(NC(=O)[C@@H]2OCC[C@@H]2C)c1. The van der Waals surface area contributed by atoms with Crippen LogP contribution in [-0.2, 0) is 14.3 Å². The summed E-state index contributed by atoms with van der Waals surface area (Å²) in [5.41, 5.74) is 1.31. The van der Waals surface area contributed by atoms with Crippen molar-refractivity contribution >= 4 is 23.2 Å². The van der Waals surface area contributed by atoms with Gasteiger partial charge in [-0.25, -0.2) is 0 Å². The number of benzene rings is 1. The van der Waals surface area contributed by atoms with E-state index in [2.05, 4.69) is 10.6 Å². The Kier molecular flexibility index (Phi) is 4.16. The average Bonchev–Trinajstić information content (AvgIpc) is 2.75. The van der Waals surface area contributed by atoms with Crippen molar-refractivity contribution < 1.29 is 14.3 Å². The van der Waals surface area contributed by atoms with E-state index in [1.165, 1.54) is 6.92 Å². The summed E-state index contributed by atoms with van der Waals surface area (Å²) in [6, 6.07) is 7.05. The van der Waals surface area contributed by atoms with Gasteiger partial charge in [0.1, 0.15) is 6.10 Å². The Labute approximate surface area is 112 Å². The predicted octanol–water partition coefficient (Wildman–Crippen LogP) is 2.01. The summed E-state index contributed by atoms with van der Waals surface area (Å²) in [6.45, 7) is 4.08. The minimum atomic E-state index is -0.385. The molecule has 5 heteroatoms. The molecule has 0 unspecified atom stereocenters. The lowest BCUT2D eigenvalue weighted by Crippen LogP contribution is -2.31. The fraction of sp³-hybridized carbons (Fsp3) is 0.429. The van der Waals surface area contributed by atoms with Crippen molar-refractivity contribution in [2.45, 2.75) is 26.4 Å². The van der Waals surface area contributed by atoms with E-state index in [4.69, 9.17) is 4.74 Å². The molecule has 19 heavy (non-hydrogen) atoms. The molecular formula is C14H18N2O3. The third-order valence-electron chi connectivity index (χ3n) is 3.10. The van der Waals surface area contributed by atoms with Gasteiger partial charge >= 0.3 is 0 Å². The molecule has 2 rings (SSSR count). The van der Waals surface area contributed by atoms with E-state index in [9.17, 15) is 9.59 Å². The normalized spacial score (nSPS) is 22.0. The van der Waals surface area contributed by atoms with Crippen molar-refractivity contribution in [2.24, 2.45) is 5.92 Å². The molecule has 0 aliphatic carbocycles. The number of hydrogen-bond donors (Lipinski definition) is 2. The molecule has 2 N–H and O–H groups in total. The van der Waals surface area contributed by atoms with Crippen LogP contribution in [0.5, 0.6) is 0 Å². The van der Waals surface area contributed by atoms with E-state index < -0.39 is 0 Å². The second-order valence-electron chi connectivity index (χ2n) is 4.81. The smallest absolute Gasteiger partial charge is 0.253 e. The second kappa shape index (κ2) is 5.84. The van der Waals surface area contributed by atoms with Crippen LogP contribution in [0.25, 0.3) is 0 Å². The van der Waals surface area contributed by atoms with Crippen LogP contribution >= 0.6 is 0 Å². The molecule has 1 aliphatic heterocycles. The summed E-state index contributed by atoms with van der Waals surface area (Å²) >= 11 is 0. The molecule has 0 aromatic heterocycles. The molecule has 1 saturated heterocycles. The van der Waals surface area contributed by atoms with Gasteiger partial charge in [-0.2, -0.15) is 0 Å². The van der Waals surface area contributed by atoms with Gasteiger partial charge in [0.2, 0.25) is 5.91 Å². The Balaban J connectivity index is 2.02. The van der Waals surface area contributed by atoms with Crippen LogP contribution in [0.4, 0.5) is 11.4 Å². The zero-order chi connectivity index (χ0) is 13.8. The lowest BCUT2D eigenvalue weighted by Gasteiger charge is -2.15. The Bertz CT molecular complexity index is 487. The molecule has 1 aliphatic rings. The third kappa shape index (κ3) is 3.54. The summed E-state index contributed by atoms with van der Waals surface area (Å²) < 4.78 is 5.41. The highest BCUT2D eigenvalue weighted by Crippen LogP contribution is 2.22. The second-order valence-corrected chi connectivity index (χ2v) is 4.81. The van der Waals surface area contributed by atoms with Gasteiger partial charge in [0.25, 0.3) is 5.91 Å². The third-order valence-corrected chi connectivity index (χ3v) is 3.10. The van der Waals surface area contributed by atoms with Crippen molar-refractivity contribution in [2.75, 3.05) is 17.2 Å². The molecule has 0 bridgehead atoms. The first-order valence-electron chi connectivity index (χ1n) is 6.36. The van der Waals surface area contributed by atoms with Crippen LogP contribution in [0.3, 0.4) is 0 Å². The topological polar surface area (TPSA) is 67.4 Å². The van der Waals surface area contributed by atoms with Gasteiger partial charge in [0.15, 0.2) is 0 Å². The molecule has 0 spiro atoms. The van der Waals surface area contributed by atoms with E-state index in [0.717, 1.165) is 6.42 Å². The Hall–Kier alpha value is -1.88. The van der Waals surface area contributed by atoms with Crippen molar-refractivity contribution in [3.63, 3.8) is 0 Å². The minimum Gasteiger partial charge on any atom is -0.368 e. The molecule has 1 aromatic carbocycles. The highest BCUT2D eigenvalue weighted by atomic mass is 16.5. The molecule has 1 fully saturated rings. The van der Waals surface area contributed by atoms with Crippen molar-refractivity contribution in [3.05, 3.63) is 24.3 Å². The van der Waals surface area contributed by atoms with E-state index in [1.807, 2.05) is 6.92 Å². The number of carbonyl (C=O) groups is 2. The van der Waals surface area contributed by atoms with Crippen molar-refractivity contribution in [1.82, 2.24) is 0 Å². The number of anilines is 2. The number of nitrogens with one attached hydrogen (secondary N) is 2. The molecule has 0 saturated carbocycles. The molecule has 0 radical (unpaired) electrons. The summed E-state index contributed by atoms with van der Waals surface area (Å²) in [4.78, 5) is 23.0. The summed E-state index contributed by atoms with van der Waals surface area (Å²) in [5.74, 6) is -0.0419. The fourth-order valence-corrected chi connectivity index (χ4v) is 2.12.